The minimum absolute atomic E-state index is 0.0296. The number of Topliss-reactive ketones (excluding diaryl/α,β-unsaturated/α-hetero) is 1. The molecule has 0 unspecified atom stereocenters. The van der Waals surface area contributed by atoms with Crippen molar-refractivity contribution >= 4 is 40.2 Å². The number of piperazine rings is 1. The van der Waals surface area contributed by atoms with E-state index in [2.05, 4.69) is 20.2 Å². The Morgan fingerprint density at radius 3 is 2.41 bits per heavy atom. The molecule has 3 aromatic heterocycles. The second-order valence-corrected chi connectivity index (χ2v) is 9.85. The van der Waals surface area contributed by atoms with Crippen LogP contribution < -0.4 is 15.8 Å². The van der Waals surface area contributed by atoms with Gasteiger partial charge in [-0.1, -0.05) is 19.8 Å². The number of carbonyl (C=O) groups is 2. The number of hydrogen-bond donors (Lipinski definition) is 1. The summed E-state index contributed by atoms with van der Waals surface area (Å²) in [4.78, 5) is 55.5. The molecule has 1 saturated carbocycles. The van der Waals surface area contributed by atoms with Gasteiger partial charge >= 0.3 is 0 Å². The van der Waals surface area contributed by atoms with Gasteiger partial charge in [0.05, 0.1) is 17.4 Å². The SMILES string of the molecule is CCC(=O)N1CCN(c2ccc(Nc3ncc4c(C)c(C(C)=O)c(=O)n(C5CCCC5)c4n3)nc2)CC1. The number of aryl methyl sites for hydroxylation is 1. The summed E-state index contributed by atoms with van der Waals surface area (Å²) in [6.45, 7) is 8.08. The third-order valence-corrected chi connectivity index (χ3v) is 7.54. The molecule has 194 valence electrons. The van der Waals surface area contributed by atoms with Crippen LogP contribution in [-0.4, -0.2) is 62.3 Å². The van der Waals surface area contributed by atoms with Crippen LogP contribution in [0, 0.1) is 6.92 Å². The molecule has 1 aliphatic heterocycles. The maximum atomic E-state index is 13.4. The highest BCUT2D eigenvalue weighted by atomic mass is 16.2. The summed E-state index contributed by atoms with van der Waals surface area (Å²) in [5.74, 6) is 0.898. The van der Waals surface area contributed by atoms with Crippen LogP contribution in [0.25, 0.3) is 11.0 Å². The van der Waals surface area contributed by atoms with E-state index in [1.807, 2.05) is 24.0 Å². The average molecular weight is 504 g/mol. The number of carbonyl (C=O) groups excluding carboxylic acids is 2. The summed E-state index contributed by atoms with van der Waals surface area (Å²) in [6.07, 6.45) is 7.92. The van der Waals surface area contributed by atoms with E-state index >= 15 is 0 Å². The van der Waals surface area contributed by atoms with Gasteiger partial charge < -0.3 is 15.1 Å². The molecule has 0 aromatic carbocycles. The third-order valence-electron chi connectivity index (χ3n) is 7.54. The summed E-state index contributed by atoms with van der Waals surface area (Å²) in [7, 11) is 0. The molecule has 1 saturated heterocycles. The summed E-state index contributed by atoms with van der Waals surface area (Å²) < 4.78 is 1.71. The van der Waals surface area contributed by atoms with Crippen LogP contribution in [0.1, 0.15) is 67.9 Å². The second-order valence-electron chi connectivity index (χ2n) is 9.85. The Morgan fingerprint density at radius 2 is 1.78 bits per heavy atom. The lowest BCUT2D eigenvalue weighted by Gasteiger charge is -2.35. The minimum atomic E-state index is -0.266. The molecule has 0 radical (unpaired) electrons. The predicted molar refractivity (Wildman–Crippen MR) is 143 cm³/mol. The Morgan fingerprint density at radius 1 is 1.05 bits per heavy atom. The number of fused-ring (bicyclic) bond motifs is 1. The van der Waals surface area contributed by atoms with Crippen molar-refractivity contribution in [1.29, 1.82) is 0 Å². The van der Waals surface area contributed by atoms with Crippen molar-refractivity contribution < 1.29 is 9.59 Å². The Labute approximate surface area is 215 Å². The molecule has 10 heteroatoms. The van der Waals surface area contributed by atoms with Crippen molar-refractivity contribution in [3.8, 4) is 0 Å². The van der Waals surface area contributed by atoms with Crippen LogP contribution in [0.15, 0.2) is 29.3 Å². The van der Waals surface area contributed by atoms with Crippen LogP contribution in [0.5, 0.6) is 0 Å². The van der Waals surface area contributed by atoms with Gasteiger partial charge in [-0.15, -0.1) is 0 Å². The Hall–Kier alpha value is -3.82. The Bertz CT molecular complexity index is 1390. The standard InChI is InChI=1S/C27H33N7O3/c1-4-23(36)33-13-11-32(12-14-33)20-9-10-22(28-15-20)30-27-29-16-21-17(2)24(18(3)35)26(37)34(25(21)31-27)19-7-5-6-8-19/h9-10,15-16,19H,4-8,11-14H2,1-3H3,(H,28,29,30,31). The van der Waals surface area contributed by atoms with E-state index in [9.17, 15) is 14.4 Å². The summed E-state index contributed by atoms with van der Waals surface area (Å²) in [6, 6.07) is 3.90. The zero-order valence-electron chi connectivity index (χ0n) is 21.7. The van der Waals surface area contributed by atoms with E-state index in [0.717, 1.165) is 44.5 Å². The first-order chi connectivity index (χ1) is 17.9. The number of anilines is 3. The van der Waals surface area contributed by atoms with Gasteiger partial charge in [-0.2, -0.15) is 4.98 Å². The largest absolute Gasteiger partial charge is 0.367 e. The molecular formula is C27H33N7O3. The van der Waals surface area contributed by atoms with Crippen molar-refractivity contribution in [2.24, 2.45) is 0 Å². The lowest BCUT2D eigenvalue weighted by molar-refractivity contribution is -0.131. The second kappa shape index (κ2) is 10.3. The van der Waals surface area contributed by atoms with E-state index < -0.39 is 0 Å². The highest BCUT2D eigenvalue weighted by Gasteiger charge is 2.26. The van der Waals surface area contributed by atoms with E-state index in [0.29, 0.717) is 47.9 Å². The molecule has 1 aliphatic carbocycles. The van der Waals surface area contributed by atoms with Crippen molar-refractivity contribution in [1.82, 2.24) is 24.4 Å². The molecular weight excluding hydrogens is 470 g/mol. The molecule has 1 N–H and O–H groups in total. The van der Waals surface area contributed by atoms with E-state index in [4.69, 9.17) is 4.98 Å². The number of amides is 1. The number of aromatic nitrogens is 4. The summed E-state index contributed by atoms with van der Waals surface area (Å²) in [5.41, 5.74) is 2.12. The van der Waals surface area contributed by atoms with Crippen LogP contribution in [-0.2, 0) is 4.79 Å². The number of pyridine rings is 2. The van der Waals surface area contributed by atoms with Crippen molar-refractivity contribution in [3.63, 3.8) is 0 Å². The van der Waals surface area contributed by atoms with Crippen LogP contribution in [0.4, 0.5) is 17.5 Å². The lowest BCUT2D eigenvalue weighted by Crippen LogP contribution is -2.48. The molecule has 37 heavy (non-hydrogen) atoms. The summed E-state index contributed by atoms with van der Waals surface area (Å²) in [5, 5.41) is 3.88. The normalized spacial score (nSPS) is 16.4. The molecule has 5 rings (SSSR count). The van der Waals surface area contributed by atoms with Gasteiger partial charge in [0, 0.05) is 50.2 Å². The first-order valence-corrected chi connectivity index (χ1v) is 13.1. The van der Waals surface area contributed by atoms with E-state index in [-0.39, 0.29) is 28.9 Å². The first kappa shape index (κ1) is 24.9. The molecule has 0 spiro atoms. The predicted octanol–water partition coefficient (Wildman–Crippen LogP) is 3.61. The molecule has 0 bridgehead atoms. The fourth-order valence-electron chi connectivity index (χ4n) is 5.51. The number of nitrogens with one attached hydrogen (secondary N) is 1. The van der Waals surface area contributed by atoms with Crippen LogP contribution >= 0.6 is 0 Å². The third kappa shape index (κ3) is 4.80. The molecule has 2 fully saturated rings. The monoisotopic (exact) mass is 503 g/mol. The molecule has 3 aromatic rings. The van der Waals surface area contributed by atoms with Crippen LogP contribution in [0.2, 0.25) is 0 Å². The fraction of sp³-hybridized carbons (Fsp3) is 0.481. The number of nitrogens with zero attached hydrogens (tertiary/aromatic N) is 6. The van der Waals surface area contributed by atoms with Gasteiger partial charge in [-0.3, -0.25) is 19.0 Å². The zero-order chi connectivity index (χ0) is 26.1. The highest BCUT2D eigenvalue weighted by Crippen LogP contribution is 2.32. The van der Waals surface area contributed by atoms with Gasteiger partial charge in [-0.05, 0) is 44.4 Å². The smallest absolute Gasteiger partial charge is 0.263 e. The van der Waals surface area contributed by atoms with Gasteiger partial charge in [0.2, 0.25) is 11.9 Å². The van der Waals surface area contributed by atoms with Gasteiger partial charge in [0.15, 0.2) is 5.78 Å². The van der Waals surface area contributed by atoms with Crippen LogP contribution in [0.3, 0.4) is 0 Å². The molecule has 2 aliphatic rings. The van der Waals surface area contributed by atoms with Crippen molar-refractivity contribution in [2.75, 3.05) is 36.4 Å². The van der Waals surface area contributed by atoms with Gasteiger partial charge in [-0.25, -0.2) is 9.97 Å². The maximum Gasteiger partial charge on any atom is 0.263 e. The minimum Gasteiger partial charge on any atom is -0.367 e. The average Bonchev–Trinajstić information content (AvgIpc) is 3.43. The van der Waals surface area contributed by atoms with E-state index in [1.165, 1.54) is 6.92 Å². The molecule has 0 atom stereocenters. The Balaban J connectivity index is 1.40. The first-order valence-electron chi connectivity index (χ1n) is 13.1. The topological polar surface area (TPSA) is 113 Å². The van der Waals surface area contributed by atoms with Crippen molar-refractivity contribution in [2.45, 2.75) is 58.9 Å². The van der Waals surface area contributed by atoms with Gasteiger partial charge in [0.25, 0.3) is 5.56 Å². The van der Waals surface area contributed by atoms with Gasteiger partial charge in [0.1, 0.15) is 11.5 Å². The van der Waals surface area contributed by atoms with Crippen molar-refractivity contribution in [3.05, 3.63) is 46.0 Å². The zero-order valence-corrected chi connectivity index (χ0v) is 21.7. The molecule has 10 nitrogen and oxygen atoms in total. The fourth-order valence-corrected chi connectivity index (χ4v) is 5.51. The Kier molecular flexibility index (Phi) is 6.90. The quantitative estimate of drug-likeness (QED) is 0.508. The number of hydrogen-bond acceptors (Lipinski definition) is 8. The molecule has 1 amide bonds. The summed E-state index contributed by atoms with van der Waals surface area (Å²) >= 11 is 0. The number of rotatable bonds is 6. The maximum absolute atomic E-state index is 13.4. The highest BCUT2D eigenvalue weighted by molar-refractivity contribution is 5.99. The number of ketones is 1. The van der Waals surface area contributed by atoms with E-state index in [1.54, 1.807) is 23.9 Å². The lowest BCUT2D eigenvalue weighted by atomic mass is 10.0. The molecule has 4 heterocycles.